The van der Waals surface area contributed by atoms with Crippen LogP contribution < -0.4 is 16.0 Å². The number of hydrogen-bond acceptors (Lipinski definition) is 10. The Morgan fingerprint density at radius 1 is 1.24 bits per heavy atom. The number of piperidine rings is 1. The predicted octanol–water partition coefficient (Wildman–Crippen LogP) is 2.16. The van der Waals surface area contributed by atoms with Crippen LogP contribution in [0.15, 0.2) is 18.2 Å². The van der Waals surface area contributed by atoms with Crippen LogP contribution in [0.3, 0.4) is 0 Å². The van der Waals surface area contributed by atoms with E-state index in [2.05, 4.69) is 36.9 Å². The summed E-state index contributed by atoms with van der Waals surface area (Å²) in [4.78, 5) is 40.4. The molecule has 2 fully saturated rings. The van der Waals surface area contributed by atoms with E-state index in [-0.39, 0.29) is 47.6 Å². The maximum Gasteiger partial charge on any atom is 0.327 e. The van der Waals surface area contributed by atoms with Crippen LogP contribution in [-0.4, -0.2) is 102 Å². The van der Waals surface area contributed by atoms with E-state index in [0.29, 0.717) is 43.6 Å². The van der Waals surface area contributed by atoms with E-state index in [1.165, 1.54) is 13.2 Å². The maximum absolute atomic E-state index is 13.9. The molecule has 0 radical (unpaired) electrons. The van der Waals surface area contributed by atoms with Gasteiger partial charge in [-0.3, -0.25) is 14.6 Å². The van der Waals surface area contributed by atoms with Crippen LogP contribution in [-0.2, 0) is 9.53 Å². The number of aryl methyl sites for hydroxylation is 1. The topological polar surface area (TPSA) is 137 Å². The third-order valence-corrected chi connectivity index (χ3v) is 8.28. The number of aromatic nitrogens is 2. The third kappa shape index (κ3) is 6.88. The Labute approximate surface area is 244 Å². The molecule has 41 heavy (non-hydrogen) atoms. The molecular weight excluding hydrogens is 553 g/mol. The summed E-state index contributed by atoms with van der Waals surface area (Å²) >= 11 is 6.46. The van der Waals surface area contributed by atoms with Gasteiger partial charge in [-0.2, -0.15) is 0 Å². The van der Waals surface area contributed by atoms with Crippen molar-refractivity contribution >= 4 is 35.1 Å². The van der Waals surface area contributed by atoms with Crippen LogP contribution in [0.5, 0.6) is 0 Å². The molecule has 4 N–H and O–H groups in total. The van der Waals surface area contributed by atoms with Gasteiger partial charge in [0.2, 0.25) is 0 Å². The summed E-state index contributed by atoms with van der Waals surface area (Å²) in [6.07, 6.45) is 2.68. The summed E-state index contributed by atoms with van der Waals surface area (Å²) in [5, 5.41) is 11.6. The number of nitrogens with zero attached hydrogens (tertiary/aromatic N) is 5. The van der Waals surface area contributed by atoms with Gasteiger partial charge in [-0.25, -0.2) is 19.2 Å². The minimum atomic E-state index is -0.570. The number of anilines is 2. The Morgan fingerprint density at radius 3 is 2.61 bits per heavy atom. The second-order valence-corrected chi connectivity index (χ2v) is 10.9. The molecular formula is C28H39ClFN7O4. The molecule has 2 aromatic rings. The molecule has 0 unspecified atom stereocenters. The van der Waals surface area contributed by atoms with E-state index in [1.54, 1.807) is 19.1 Å². The number of piperazine rings is 1. The minimum Gasteiger partial charge on any atom is -0.468 e. The maximum atomic E-state index is 13.9. The Kier molecular flexibility index (Phi) is 10.3. The summed E-state index contributed by atoms with van der Waals surface area (Å²) in [5.41, 5.74) is 7.23. The van der Waals surface area contributed by atoms with Crippen molar-refractivity contribution in [2.75, 3.05) is 63.6 Å². The van der Waals surface area contributed by atoms with Crippen molar-refractivity contribution in [3.8, 4) is 0 Å². The fourth-order valence-corrected chi connectivity index (χ4v) is 6.11. The monoisotopic (exact) mass is 591 g/mol. The zero-order valence-electron chi connectivity index (χ0n) is 23.8. The summed E-state index contributed by atoms with van der Waals surface area (Å²) in [7, 11) is 1.38. The number of methoxy groups -OCH3 is 1. The SMILES string of the molecule is CC[C@H]1CN(c2nc(N)c(C(=O)NCCO)nc2Cl)CCN1C1CCN([C@H](C(=O)OC)c2ccc(F)c(C)c2)CC1. The average Bonchev–Trinajstić information content (AvgIpc) is 2.98. The number of hydrogen-bond donors (Lipinski definition) is 3. The number of carbonyl (C=O) groups excluding carboxylic acids is 2. The van der Waals surface area contributed by atoms with E-state index in [9.17, 15) is 14.0 Å². The summed E-state index contributed by atoms with van der Waals surface area (Å²) in [5.74, 6) is -0.742. The Balaban J connectivity index is 1.42. The van der Waals surface area contributed by atoms with Crippen LogP contribution in [0.2, 0.25) is 5.15 Å². The molecule has 2 saturated heterocycles. The highest BCUT2D eigenvalue weighted by molar-refractivity contribution is 6.32. The van der Waals surface area contributed by atoms with E-state index in [0.717, 1.165) is 31.4 Å². The number of nitrogens with one attached hydrogen (secondary N) is 1. The molecule has 224 valence electrons. The number of aliphatic hydroxyl groups excluding tert-OH is 1. The molecule has 1 aromatic carbocycles. The van der Waals surface area contributed by atoms with Crippen LogP contribution in [0.4, 0.5) is 16.0 Å². The predicted molar refractivity (Wildman–Crippen MR) is 154 cm³/mol. The van der Waals surface area contributed by atoms with Crippen molar-refractivity contribution in [1.29, 1.82) is 0 Å². The second-order valence-electron chi connectivity index (χ2n) is 10.5. The number of benzene rings is 1. The number of nitrogens with two attached hydrogens (primary N) is 1. The number of carbonyl (C=O) groups is 2. The highest BCUT2D eigenvalue weighted by Gasteiger charge is 2.37. The molecule has 11 nitrogen and oxygen atoms in total. The normalized spacial score (nSPS) is 19.7. The van der Waals surface area contributed by atoms with Crippen LogP contribution >= 0.6 is 11.6 Å². The van der Waals surface area contributed by atoms with E-state index < -0.39 is 11.9 Å². The Hall–Kier alpha value is -3.06. The lowest BCUT2D eigenvalue weighted by molar-refractivity contribution is -0.148. The molecule has 1 amide bonds. The van der Waals surface area contributed by atoms with Crippen molar-refractivity contribution in [2.45, 2.75) is 51.2 Å². The number of rotatable bonds is 9. The molecule has 0 aliphatic carbocycles. The van der Waals surface area contributed by atoms with Gasteiger partial charge in [-0.05, 0) is 43.4 Å². The van der Waals surface area contributed by atoms with Gasteiger partial charge in [0.25, 0.3) is 5.91 Å². The van der Waals surface area contributed by atoms with Crippen molar-refractivity contribution in [3.63, 3.8) is 0 Å². The van der Waals surface area contributed by atoms with Gasteiger partial charge >= 0.3 is 5.97 Å². The molecule has 2 atom stereocenters. The Morgan fingerprint density at radius 2 is 1.98 bits per heavy atom. The number of esters is 1. The first-order chi connectivity index (χ1) is 19.7. The summed E-state index contributed by atoms with van der Waals surface area (Å²) in [6, 6.07) is 4.81. The molecule has 2 aliphatic heterocycles. The minimum absolute atomic E-state index is 0.0146. The van der Waals surface area contributed by atoms with Crippen molar-refractivity contribution < 1.29 is 23.8 Å². The molecule has 0 bridgehead atoms. The van der Waals surface area contributed by atoms with Crippen LogP contribution in [0, 0.1) is 12.7 Å². The number of aliphatic hydroxyl groups is 1. The van der Waals surface area contributed by atoms with Crippen LogP contribution in [0.25, 0.3) is 0 Å². The number of amides is 1. The first kappa shape index (κ1) is 30.9. The molecule has 3 heterocycles. The number of likely N-dealkylation sites (tertiary alicyclic amines) is 1. The number of nitrogen functional groups attached to an aromatic ring is 1. The van der Waals surface area contributed by atoms with E-state index in [1.807, 2.05) is 0 Å². The lowest BCUT2D eigenvalue weighted by Gasteiger charge is -2.48. The average molecular weight is 592 g/mol. The van der Waals surface area contributed by atoms with Crippen LogP contribution in [0.1, 0.15) is 53.8 Å². The summed E-state index contributed by atoms with van der Waals surface area (Å²) < 4.78 is 19.0. The highest BCUT2D eigenvalue weighted by Crippen LogP contribution is 2.32. The van der Waals surface area contributed by atoms with E-state index >= 15 is 0 Å². The largest absolute Gasteiger partial charge is 0.468 e. The van der Waals surface area contributed by atoms with Gasteiger partial charge in [0, 0.05) is 51.4 Å². The lowest BCUT2D eigenvalue weighted by atomic mass is 9.95. The third-order valence-electron chi connectivity index (χ3n) is 8.03. The molecule has 2 aliphatic rings. The zero-order valence-corrected chi connectivity index (χ0v) is 24.5. The van der Waals surface area contributed by atoms with Gasteiger partial charge in [0.05, 0.1) is 13.7 Å². The van der Waals surface area contributed by atoms with Crippen molar-refractivity contribution in [1.82, 2.24) is 25.1 Å². The molecule has 13 heteroatoms. The smallest absolute Gasteiger partial charge is 0.327 e. The van der Waals surface area contributed by atoms with E-state index in [4.69, 9.17) is 27.2 Å². The highest BCUT2D eigenvalue weighted by atomic mass is 35.5. The Bertz CT molecular complexity index is 1240. The standard InChI is InChI=1S/C28H39ClFN7O4/c1-4-19-16-36(26-24(29)33-22(25(31)34-26)27(39)32-9-14-38)12-13-37(19)20-7-10-35(11-8-20)23(28(40)41-3)18-5-6-21(30)17(2)15-18/h5-6,15,19-20,23,38H,4,7-14,16H2,1-3H3,(H2,31,34)(H,32,39)/t19-,23-/m0/s1. The first-order valence-corrected chi connectivity index (χ1v) is 14.4. The fraction of sp³-hybridized carbons (Fsp3) is 0.571. The molecule has 4 rings (SSSR count). The molecule has 0 saturated carbocycles. The number of halogens is 2. The number of ether oxygens (including phenoxy) is 1. The van der Waals surface area contributed by atoms with Gasteiger partial charge in [0.15, 0.2) is 22.5 Å². The molecule has 0 spiro atoms. The van der Waals surface area contributed by atoms with Gasteiger partial charge in [0.1, 0.15) is 11.9 Å². The fourth-order valence-electron chi connectivity index (χ4n) is 5.87. The zero-order chi connectivity index (χ0) is 29.7. The van der Waals surface area contributed by atoms with Gasteiger partial charge in [-0.15, -0.1) is 0 Å². The molecule has 1 aromatic heterocycles. The van der Waals surface area contributed by atoms with Gasteiger partial charge < -0.3 is 25.8 Å². The lowest BCUT2D eigenvalue weighted by Crippen LogP contribution is -2.59. The second kappa shape index (κ2) is 13.7. The van der Waals surface area contributed by atoms with Crippen molar-refractivity contribution in [2.24, 2.45) is 0 Å². The first-order valence-electron chi connectivity index (χ1n) is 14.0. The van der Waals surface area contributed by atoms with Crippen molar-refractivity contribution in [3.05, 3.63) is 46.0 Å². The summed E-state index contributed by atoms with van der Waals surface area (Å²) in [6.45, 7) is 7.28. The quantitative estimate of drug-likeness (QED) is 0.372. The van der Waals surface area contributed by atoms with Gasteiger partial charge in [-0.1, -0.05) is 30.7 Å².